The Morgan fingerprint density at radius 2 is 1.48 bits per heavy atom. The summed E-state index contributed by atoms with van der Waals surface area (Å²) in [5, 5.41) is 0.833. The zero-order chi connectivity index (χ0) is 18.5. The molecule has 0 saturated carbocycles. The molecular weight excluding hydrogens is 378 g/mol. The van der Waals surface area contributed by atoms with Gasteiger partial charge in [0.2, 0.25) is 0 Å². The lowest BCUT2D eigenvalue weighted by Crippen LogP contribution is -2.49. The van der Waals surface area contributed by atoms with Crippen LogP contribution in [0.3, 0.4) is 0 Å². The van der Waals surface area contributed by atoms with Gasteiger partial charge in [-0.05, 0) is 18.2 Å². The minimum absolute atomic E-state index is 0.833. The Labute approximate surface area is 171 Å². The number of benzene rings is 1. The zero-order valence-electron chi connectivity index (χ0n) is 15.8. The molecule has 0 aliphatic carbocycles. The molecule has 0 spiro atoms. The number of rotatable bonds is 6. The van der Waals surface area contributed by atoms with Gasteiger partial charge < -0.3 is 4.74 Å². The maximum Gasteiger partial charge on any atom is 0.0594 e. The molecule has 4 nitrogen and oxygen atoms in total. The van der Waals surface area contributed by atoms with Crippen LogP contribution in [0.2, 0.25) is 5.02 Å². The number of nitrogens with zero attached hydrogens (tertiary/aromatic N) is 3. The van der Waals surface area contributed by atoms with Crippen LogP contribution in [0.5, 0.6) is 0 Å². The molecule has 2 fully saturated rings. The Kier molecular flexibility index (Phi) is 6.82. The fourth-order valence-corrected chi connectivity index (χ4v) is 5.15. The second kappa shape index (κ2) is 9.50. The minimum atomic E-state index is 0.833. The van der Waals surface area contributed by atoms with E-state index in [9.17, 15) is 0 Å². The van der Waals surface area contributed by atoms with E-state index in [4.69, 9.17) is 16.3 Å². The molecule has 2 aliphatic rings. The van der Waals surface area contributed by atoms with Gasteiger partial charge in [-0.15, -0.1) is 11.3 Å². The Hall–Kier alpha value is -0.950. The van der Waals surface area contributed by atoms with Gasteiger partial charge in [-0.2, -0.15) is 0 Å². The van der Waals surface area contributed by atoms with Crippen LogP contribution in [-0.2, 0) is 11.3 Å². The predicted molar refractivity (Wildman–Crippen MR) is 114 cm³/mol. The molecule has 4 rings (SSSR count). The molecule has 2 saturated heterocycles. The summed E-state index contributed by atoms with van der Waals surface area (Å²) in [6.07, 6.45) is 0. The molecule has 0 radical (unpaired) electrons. The van der Waals surface area contributed by atoms with Gasteiger partial charge in [0, 0.05) is 79.2 Å². The maximum atomic E-state index is 6.34. The molecule has 2 aromatic rings. The highest BCUT2D eigenvalue weighted by Crippen LogP contribution is 2.33. The molecular formula is C21H28ClN3OS. The van der Waals surface area contributed by atoms with Crippen LogP contribution < -0.4 is 0 Å². The van der Waals surface area contributed by atoms with Crippen molar-refractivity contribution in [3.05, 3.63) is 46.3 Å². The first kappa shape index (κ1) is 19.4. The third-order valence-electron chi connectivity index (χ3n) is 5.48. The molecule has 0 bridgehead atoms. The van der Waals surface area contributed by atoms with Gasteiger partial charge in [0.05, 0.1) is 13.2 Å². The lowest BCUT2D eigenvalue weighted by atomic mass is 10.2. The van der Waals surface area contributed by atoms with E-state index >= 15 is 0 Å². The number of thiophene rings is 1. The third-order valence-corrected chi connectivity index (χ3v) is 6.91. The fourth-order valence-electron chi connectivity index (χ4n) is 3.77. The average molecular weight is 406 g/mol. The maximum absolute atomic E-state index is 6.34. The Bertz CT molecular complexity index is 724. The van der Waals surface area contributed by atoms with Crippen molar-refractivity contribution in [2.45, 2.75) is 6.54 Å². The first-order valence-electron chi connectivity index (χ1n) is 9.86. The molecule has 27 heavy (non-hydrogen) atoms. The summed E-state index contributed by atoms with van der Waals surface area (Å²) in [5.74, 6) is 0. The van der Waals surface area contributed by atoms with Crippen LogP contribution in [-0.4, -0.2) is 80.3 Å². The Morgan fingerprint density at radius 3 is 2.22 bits per heavy atom. The first-order chi connectivity index (χ1) is 13.3. The molecule has 6 heteroatoms. The van der Waals surface area contributed by atoms with Crippen molar-refractivity contribution in [3.8, 4) is 10.4 Å². The summed E-state index contributed by atoms with van der Waals surface area (Å²) in [4.78, 5) is 10.4. The summed E-state index contributed by atoms with van der Waals surface area (Å²) in [5.41, 5.74) is 1.14. The molecule has 0 atom stereocenters. The molecule has 0 unspecified atom stereocenters. The molecule has 1 aromatic heterocycles. The molecule has 0 amide bonds. The van der Waals surface area contributed by atoms with E-state index in [2.05, 4.69) is 39.0 Å². The topological polar surface area (TPSA) is 19.0 Å². The van der Waals surface area contributed by atoms with E-state index in [-0.39, 0.29) is 0 Å². The average Bonchev–Trinajstić information content (AvgIpc) is 3.17. The molecule has 0 N–H and O–H groups in total. The summed E-state index contributed by atoms with van der Waals surface area (Å²) < 4.78 is 5.43. The van der Waals surface area contributed by atoms with Crippen LogP contribution in [0.1, 0.15) is 4.88 Å². The fraction of sp³-hybridized carbons (Fsp3) is 0.524. The van der Waals surface area contributed by atoms with Crippen molar-refractivity contribution in [2.24, 2.45) is 0 Å². The van der Waals surface area contributed by atoms with Gasteiger partial charge in [0.25, 0.3) is 0 Å². The van der Waals surface area contributed by atoms with E-state index in [1.165, 1.54) is 35.9 Å². The lowest BCUT2D eigenvalue weighted by molar-refractivity contribution is 0.0297. The van der Waals surface area contributed by atoms with Gasteiger partial charge in [-0.25, -0.2) is 0 Å². The molecule has 2 aliphatic heterocycles. The van der Waals surface area contributed by atoms with Gasteiger partial charge in [0.15, 0.2) is 0 Å². The highest BCUT2D eigenvalue weighted by atomic mass is 35.5. The molecule has 3 heterocycles. The van der Waals surface area contributed by atoms with E-state index < -0.39 is 0 Å². The standard InChI is InChI=1S/C21H28ClN3OS/c22-20-4-2-1-3-19(20)21-6-5-18(27-21)17-25-11-9-23(10-12-25)7-8-24-13-15-26-16-14-24/h1-6H,7-17H2. The van der Waals surface area contributed by atoms with Gasteiger partial charge >= 0.3 is 0 Å². The number of ether oxygens (including phenoxy) is 1. The Morgan fingerprint density at radius 1 is 0.815 bits per heavy atom. The first-order valence-corrected chi connectivity index (χ1v) is 11.1. The van der Waals surface area contributed by atoms with Gasteiger partial charge in [-0.3, -0.25) is 14.7 Å². The second-order valence-corrected chi connectivity index (χ2v) is 8.89. The van der Waals surface area contributed by atoms with E-state index in [1.54, 1.807) is 0 Å². The summed E-state index contributed by atoms with van der Waals surface area (Å²) in [6, 6.07) is 12.6. The highest BCUT2D eigenvalue weighted by molar-refractivity contribution is 7.15. The minimum Gasteiger partial charge on any atom is -0.379 e. The monoisotopic (exact) mass is 405 g/mol. The van der Waals surface area contributed by atoms with Crippen LogP contribution in [0.15, 0.2) is 36.4 Å². The normalized spacial score (nSPS) is 20.2. The largest absolute Gasteiger partial charge is 0.379 e. The quantitative estimate of drug-likeness (QED) is 0.731. The number of morpholine rings is 1. The van der Waals surface area contributed by atoms with Gasteiger partial charge in [0.1, 0.15) is 0 Å². The smallest absolute Gasteiger partial charge is 0.0594 e. The van der Waals surface area contributed by atoms with Crippen molar-refractivity contribution in [1.29, 1.82) is 0 Å². The summed E-state index contributed by atoms with van der Waals surface area (Å²) in [6.45, 7) is 12.0. The van der Waals surface area contributed by atoms with Crippen LogP contribution in [0.4, 0.5) is 0 Å². The van der Waals surface area contributed by atoms with E-state index in [1.807, 2.05) is 23.5 Å². The molecule has 1 aromatic carbocycles. The number of hydrogen-bond donors (Lipinski definition) is 0. The second-order valence-electron chi connectivity index (χ2n) is 7.32. The number of halogens is 1. The number of hydrogen-bond acceptors (Lipinski definition) is 5. The van der Waals surface area contributed by atoms with Crippen LogP contribution in [0.25, 0.3) is 10.4 Å². The highest BCUT2D eigenvalue weighted by Gasteiger charge is 2.19. The molecule has 146 valence electrons. The van der Waals surface area contributed by atoms with Crippen LogP contribution in [0, 0.1) is 0 Å². The van der Waals surface area contributed by atoms with Crippen molar-refractivity contribution in [1.82, 2.24) is 14.7 Å². The van der Waals surface area contributed by atoms with Crippen molar-refractivity contribution in [3.63, 3.8) is 0 Å². The Balaban J connectivity index is 1.23. The zero-order valence-corrected chi connectivity index (χ0v) is 17.4. The third kappa shape index (κ3) is 5.31. The summed E-state index contributed by atoms with van der Waals surface area (Å²) >= 11 is 8.21. The van der Waals surface area contributed by atoms with Crippen molar-refractivity contribution in [2.75, 3.05) is 65.6 Å². The van der Waals surface area contributed by atoms with E-state index in [0.717, 1.165) is 56.5 Å². The predicted octanol–water partition coefficient (Wildman–Crippen LogP) is 3.52. The van der Waals surface area contributed by atoms with E-state index in [0.29, 0.717) is 0 Å². The van der Waals surface area contributed by atoms with Gasteiger partial charge in [-0.1, -0.05) is 29.8 Å². The van der Waals surface area contributed by atoms with Crippen molar-refractivity contribution < 1.29 is 4.74 Å². The lowest BCUT2D eigenvalue weighted by Gasteiger charge is -2.36. The van der Waals surface area contributed by atoms with Crippen LogP contribution >= 0.6 is 22.9 Å². The SMILES string of the molecule is Clc1ccccc1-c1ccc(CN2CCN(CCN3CCOCC3)CC2)s1. The van der Waals surface area contributed by atoms with Crippen molar-refractivity contribution >= 4 is 22.9 Å². The number of piperazine rings is 1. The summed E-state index contributed by atoms with van der Waals surface area (Å²) in [7, 11) is 0.